The molecule has 0 aliphatic carbocycles. The van der Waals surface area contributed by atoms with E-state index >= 15 is 0 Å². The second-order valence-electron chi connectivity index (χ2n) is 7.77. The van der Waals surface area contributed by atoms with Gasteiger partial charge in [0.15, 0.2) is 6.23 Å². The van der Waals surface area contributed by atoms with Crippen molar-refractivity contribution in [1.29, 1.82) is 5.26 Å². The van der Waals surface area contributed by atoms with Crippen molar-refractivity contribution in [3.8, 4) is 6.07 Å². The fraction of sp³-hybridized carbons (Fsp3) is 0.739. The second kappa shape index (κ2) is 13.5. The Kier molecular flexibility index (Phi) is 11.0. The van der Waals surface area contributed by atoms with Crippen LogP contribution in [0.5, 0.6) is 0 Å². The fourth-order valence-electron chi connectivity index (χ4n) is 3.59. The van der Waals surface area contributed by atoms with Gasteiger partial charge in [0.05, 0.1) is 12.2 Å². The summed E-state index contributed by atoms with van der Waals surface area (Å²) >= 11 is 0. The van der Waals surface area contributed by atoms with Crippen molar-refractivity contribution in [2.45, 2.75) is 83.8 Å². The van der Waals surface area contributed by atoms with Crippen molar-refractivity contribution in [3.05, 3.63) is 23.5 Å². The molecule has 0 aromatic carbocycles. The highest BCUT2D eigenvalue weighted by Gasteiger charge is 2.48. The quantitative estimate of drug-likeness (QED) is 0.412. The Morgan fingerprint density at radius 3 is 2.29 bits per heavy atom. The summed E-state index contributed by atoms with van der Waals surface area (Å²) < 4.78 is 26.0. The SMILES string of the molecule is CCCCOCC1OC(n2ccc(C#N)c2C(=O)O)C(OCCCC)C1OCCCC. The van der Waals surface area contributed by atoms with Crippen molar-refractivity contribution in [3.63, 3.8) is 0 Å². The Morgan fingerprint density at radius 1 is 1.10 bits per heavy atom. The van der Waals surface area contributed by atoms with Crippen molar-refractivity contribution in [2.24, 2.45) is 0 Å². The number of nitriles is 1. The number of aromatic carboxylic acids is 1. The van der Waals surface area contributed by atoms with E-state index < -0.39 is 18.3 Å². The highest BCUT2D eigenvalue weighted by molar-refractivity contribution is 5.89. The molecule has 1 aliphatic heterocycles. The third-order valence-corrected chi connectivity index (χ3v) is 5.34. The Balaban J connectivity index is 2.31. The molecule has 0 saturated carbocycles. The molecule has 31 heavy (non-hydrogen) atoms. The van der Waals surface area contributed by atoms with Crippen LogP contribution in [0.15, 0.2) is 12.3 Å². The Hall–Kier alpha value is -1.92. The normalized spacial score (nSPS) is 23.2. The van der Waals surface area contributed by atoms with Crippen LogP contribution in [0.25, 0.3) is 0 Å². The molecule has 1 aliphatic rings. The van der Waals surface area contributed by atoms with Crippen LogP contribution in [0.3, 0.4) is 0 Å². The minimum Gasteiger partial charge on any atom is -0.477 e. The van der Waals surface area contributed by atoms with Crippen molar-refractivity contribution < 1.29 is 28.8 Å². The first-order chi connectivity index (χ1) is 15.1. The molecule has 8 heteroatoms. The number of carboxylic acids is 1. The summed E-state index contributed by atoms with van der Waals surface area (Å²) in [5.74, 6) is -1.18. The van der Waals surface area contributed by atoms with Gasteiger partial charge in [-0.3, -0.25) is 0 Å². The number of carboxylic acid groups (broad SMARTS) is 1. The smallest absolute Gasteiger partial charge is 0.353 e. The maximum absolute atomic E-state index is 11.9. The highest BCUT2D eigenvalue weighted by Crippen LogP contribution is 2.36. The zero-order chi connectivity index (χ0) is 22.6. The molecule has 4 atom stereocenters. The Labute approximate surface area is 185 Å². The molecule has 0 spiro atoms. The van der Waals surface area contributed by atoms with Gasteiger partial charge in [0, 0.05) is 26.0 Å². The lowest BCUT2D eigenvalue weighted by Gasteiger charge is -2.26. The van der Waals surface area contributed by atoms with Crippen LogP contribution < -0.4 is 0 Å². The molecule has 2 rings (SSSR count). The molecule has 4 unspecified atom stereocenters. The summed E-state index contributed by atoms with van der Waals surface area (Å²) in [6.45, 7) is 8.35. The molecular formula is C23H36N2O6. The number of carbonyl (C=O) groups is 1. The number of unbranched alkanes of at least 4 members (excludes halogenated alkanes) is 3. The van der Waals surface area contributed by atoms with Crippen LogP contribution in [-0.4, -0.2) is 60.4 Å². The standard InChI is InChI=1S/C23H36N2O6/c1-4-7-12-28-16-18-20(29-13-8-5-2)21(30-14-9-6-3)22(31-18)25-11-10-17(15-24)19(25)23(26)27/h10-11,18,20-22H,4-9,12-14,16H2,1-3H3,(H,26,27). The van der Waals surface area contributed by atoms with Crippen molar-refractivity contribution in [1.82, 2.24) is 4.57 Å². The van der Waals surface area contributed by atoms with E-state index in [-0.39, 0.29) is 23.5 Å². The van der Waals surface area contributed by atoms with Gasteiger partial charge in [-0.05, 0) is 25.3 Å². The summed E-state index contributed by atoms with van der Waals surface area (Å²) in [6.07, 6.45) is 5.36. The summed E-state index contributed by atoms with van der Waals surface area (Å²) in [5, 5.41) is 19.0. The average molecular weight is 437 g/mol. The molecule has 1 fully saturated rings. The topological polar surface area (TPSA) is 103 Å². The third kappa shape index (κ3) is 6.78. The molecule has 1 N–H and O–H groups in total. The van der Waals surface area contributed by atoms with E-state index in [1.54, 1.807) is 6.20 Å². The Bertz CT molecular complexity index is 713. The van der Waals surface area contributed by atoms with Crippen LogP contribution in [0.1, 0.15) is 81.6 Å². The molecule has 174 valence electrons. The number of hydrogen-bond donors (Lipinski definition) is 1. The van der Waals surface area contributed by atoms with Crippen LogP contribution in [0.4, 0.5) is 0 Å². The van der Waals surface area contributed by atoms with Crippen molar-refractivity contribution in [2.75, 3.05) is 26.4 Å². The third-order valence-electron chi connectivity index (χ3n) is 5.34. The van der Waals surface area contributed by atoms with E-state index in [4.69, 9.17) is 18.9 Å². The summed E-state index contributed by atoms with van der Waals surface area (Å²) in [5.41, 5.74) is -0.00837. The van der Waals surface area contributed by atoms with Gasteiger partial charge in [0.2, 0.25) is 0 Å². The van der Waals surface area contributed by atoms with Gasteiger partial charge >= 0.3 is 5.97 Å². The maximum atomic E-state index is 11.9. The van der Waals surface area contributed by atoms with Crippen LogP contribution >= 0.6 is 0 Å². The summed E-state index contributed by atoms with van der Waals surface area (Å²) in [4.78, 5) is 11.9. The molecule has 8 nitrogen and oxygen atoms in total. The predicted octanol–water partition coefficient (Wildman–Crippen LogP) is 4.14. The van der Waals surface area contributed by atoms with E-state index in [0.717, 1.165) is 38.5 Å². The van der Waals surface area contributed by atoms with E-state index in [9.17, 15) is 15.2 Å². The minimum absolute atomic E-state index is 0.0921. The largest absolute Gasteiger partial charge is 0.477 e. The zero-order valence-corrected chi connectivity index (χ0v) is 18.9. The monoisotopic (exact) mass is 436 g/mol. The molecule has 0 radical (unpaired) electrons. The number of nitrogens with zero attached hydrogens (tertiary/aromatic N) is 2. The van der Waals surface area contributed by atoms with E-state index in [1.165, 1.54) is 10.6 Å². The first-order valence-corrected chi connectivity index (χ1v) is 11.4. The second-order valence-corrected chi connectivity index (χ2v) is 7.77. The molecular weight excluding hydrogens is 400 g/mol. The van der Waals surface area contributed by atoms with Crippen molar-refractivity contribution >= 4 is 5.97 Å². The van der Waals surface area contributed by atoms with Crippen LogP contribution in [0, 0.1) is 11.3 Å². The zero-order valence-electron chi connectivity index (χ0n) is 18.9. The molecule has 0 bridgehead atoms. The van der Waals surface area contributed by atoms with Gasteiger partial charge < -0.3 is 28.6 Å². The summed E-state index contributed by atoms with van der Waals surface area (Å²) in [7, 11) is 0. The number of aromatic nitrogens is 1. The number of hydrogen-bond acceptors (Lipinski definition) is 6. The lowest BCUT2D eigenvalue weighted by atomic mass is 10.1. The maximum Gasteiger partial charge on any atom is 0.353 e. The van der Waals surface area contributed by atoms with Crippen LogP contribution in [0.2, 0.25) is 0 Å². The average Bonchev–Trinajstić information content (AvgIpc) is 3.33. The van der Waals surface area contributed by atoms with Crippen LogP contribution in [-0.2, 0) is 18.9 Å². The molecule has 0 amide bonds. The molecule has 1 aromatic rings. The molecule has 2 heterocycles. The first kappa shape index (κ1) is 25.3. The number of rotatable bonds is 15. The number of ether oxygens (including phenoxy) is 4. The van der Waals surface area contributed by atoms with Gasteiger partial charge in [-0.2, -0.15) is 5.26 Å². The molecule has 1 saturated heterocycles. The first-order valence-electron chi connectivity index (χ1n) is 11.4. The van der Waals surface area contributed by atoms with E-state index in [1.807, 2.05) is 6.07 Å². The predicted molar refractivity (Wildman–Crippen MR) is 115 cm³/mol. The van der Waals surface area contributed by atoms with E-state index in [0.29, 0.717) is 26.4 Å². The van der Waals surface area contributed by atoms with Gasteiger partial charge in [0.25, 0.3) is 0 Å². The fourth-order valence-corrected chi connectivity index (χ4v) is 3.59. The van der Waals surface area contributed by atoms with Gasteiger partial charge in [-0.25, -0.2) is 4.79 Å². The van der Waals surface area contributed by atoms with Gasteiger partial charge in [-0.1, -0.05) is 40.0 Å². The lowest BCUT2D eigenvalue weighted by molar-refractivity contribution is -0.0811. The van der Waals surface area contributed by atoms with Gasteiger partial charge in [0.1, 0.15) is 30.1 Å². The van der Waals surface area contributed by atoms with E-state index in [2.05, 4.69) is 20.8 Å². The molecule has 1 aromatic heterocycles. The van der Waals surface area contributed by atoms with Gasteiger partial charge in [-0.15, -0.1) is 0 Å². The minimum atomic E-state index is -1.18. The lowest BCUT2D eigenvalue weighted by Crippen LogP contribution is -2.39. The highest BCUT2D eigenvalue weighted by atomic mass is 16.6. The summed E-state index contributed by atoms with van der Waals surface area (Å²) in [6, 6.07) is 3.44. The Morgan fingerprint density at radius 2 is 1.71 bits per heavy atom.